The van der Waals surface area contributed by atoms with E-state index in [1.165, 1.54) is 16.5 Å². The van der Waals surface area contributed by atoms with Gasteiger partial charge in [0.2, 0.25) is 5.71 Å². The third kappa shape index (κ3) is 1.74. The highest BCUT2D eigenvalue weighted by Gasteiger charge is 2.19. The molecule has 2 heterocycles. The Labute approximate surface area is 141 Å². The fraction of sp³-hybridized carbons (Fsp3) is 0. The first-order valence-electron chi connectivity index (χ1n) is 7.50. The first-order chi connectivity index (χ1) is 11.3. The van der Waals surface area contributed by atoms with Crippen LogP contribution in [-0.2, 0) is 0 Å². The van der Waals surface area contributed by atoms with Crippen molar-refractivity contribution in [3.63, 3.8) is 0 Å². The summed E-state index contributed by atoms with van der Waals surface area (Å²) in [5, 5.41) is 1.18. The van der Waals surface area contributed by atoms with Crippen molar-refractivity contribution in [3.05, 3.63) is 77.3 Å². The highest BCUT2D eigenvalue weighted by atomic mass is 79.9. The first kappa shape index (κ1) is 13.0. The zero-order valence-electron chi connectivity index (χ0n) is 12.2. The zero-order chi connectivity index (χ0) is 15.4. The molecule has 3 heteroatoms. The fourth-order valence-corrected chi connectivity index (χ4v) is 3.97. The second-order valence-corrected chi connectivity index (χ2v) is 6.38. The molecule has 110 valence electrons. The Morgan fingerprint density at radius 3 is 2.35 bits per heavy atom. The van der Waals surface area contributed by atoms with Gasteiger partial charge in [-0.25, -0.2) is 0 Å². The van der Waals surface area contributed by atoms with E-state index in [4.69, 9.17) is 4.42 Å². The molecule has 0 saturated carbocycles. The van der Waals surface area contributed by atoms with Crippen molar-refractivity contribution in [3.8, 4) is 11.1 Å². The molecule has 0 N–H and O–H groups in total. The van der Waals surface area contributed by atoms with E-state index in [1.54, 1.807) is 0 Å². The summed E-state index contributed by atoms with van der Waals surface area (Å²) in [6, 6.07) is 25.0. The lowest BCUT2D eigenvalue weighted by atomic mass is 10.0. The highest BCUT2D eigenvalue weighted by molar-refractivity contribution is 9.10. The van der Waals surface area contributed by atoms with Gasteiger partial charge < -0.3 is 4.42 Å². The summed E-state index contributed by atoms with van der Waals surface area (Å²) in [6.07, 6.45) is 0. The number of benzene rings is 3. The molecule has 5 aromatic rings. The second kappa shape index (κ2) is 4.74. The lowest BCUT2D eigenvalue weighted by molar-refractivity contribution is 0.655. The van der Waals surface area contributed by atoms with Crippen LogP contribution in [0.15, 0.2) is 81.7 Å². The number of para-hydroxylation sites is 2. The van der Waals surface area contributed by atoms with Gasteiger partial charge in [-0.1, -0.05) is 54.6 Å². The van der Waals surface area contributed by atoms with E-state index in [-0.39, 0.29) is 0 Å². The van der Waals surface area contributed by atoms with Crippen LogP contribution in [0.3, 0.4) is 0 Å². The SMILES string of the molecule is Brc1c2c(-c3ccccc3)cccc2n2c1oc1ccccc12. The molecule has 2 aromatic heterocycles. The molecule has 2 nitrogen and oxygen atoms in total. The van der Waals surface area contributed by atoms with Gasteiger partial charge in [0.25, 0.3) is 0 Å². The molecule has 0 radical (unpaired) electrons. The molecule has 3 aromatic carbocycles. The second-order valence-electron chi connectivity index (χ2n) is 5.59. The van der Waals surface area contributed by atoms with Gasteiger partial charge >= 0.3 is 0 Å². The van der Waals surface area contributed by atoms with E-state index in [0.717, 1.165) is 26.8 Å². The largest absolute Gasteiger partial charge is 0.437 e. The summed E-state index contributed by atoms with van der Waals surface area (Å²) in [4.78, 5) is 0. The molecule has 5 rings (SSSR count). The number of rotatable bonds is 1. The van der Waals surface area contributed by atoms with Gasteiger partial charge in [-0.05, 0) is 45.3 Å². The highest BCUT2D eigenvalue weighted by Crippen LogP contribution is 2.40. The van der Waals surface area contributed by atoms with Gasteiger partial charge in [0, 0.05) is 5.39 Å². The number of fused-ring (bicyclic) bond motifs is 5. The van der Waals surface area contributed by atoms with E-state index < -0.39 is 0 Å². The molecule has 0 saturated heterocycles. The number of aromatic nitrogens is 1. The van der Waals surface area contributed by atoms with Crippen molar-refractivity contribution >= 4 is 43.6 Å². The van der Waals surface area contributed by atoms with E-state index in [9.17, 15) is 0 Å². The minimum absolute atomic E-state index is 0.851. The van der Waals surface area contributed by atoms with E-state index in [0.29, 0.717) is 0 Å². The minimum Gasteiger partial charge on any atom is -0.437 e. The fourth-order valence-electron chi connectivity index (χ4n) is 3.29. The van der Waals surface area contributed by atoms with Crippen LogP contribution in [0.5, 0.6) is 0 Å². The first-order valence-corrected chi connectivity index (χ1v) is 8.29. The van der Waals surface area contributed by atoms with Gasteiger partial charge in [-0.15, -0.1) is 0 Å². The molecule has 0 aliphatic rings. The van der Waals surface area contributed by atoms with Gasteiger partial charge in [0.05, 0.1) is 15.5 Å². The molecule has 0 bridgehead atoms. The van der Waals surface area contributed by atoms with Crippen LogP contribution < -0.4 is 0 Å². The van der Waals surface area contributed by atoms with Crippen molar-refractivity contribution in [1.82, 2.24) is 4.40 Å². The monoisotopic (exact) mass is 361 g/mol. The third-order valence-electron chi connectivity index (χ3n) is 4.29. The molecular formula is C20H12BrNO. The van der Waals surface area contributed by atoms with Crippen LogP contribution in [-0.4, -0.2) is 4.40 Å². The summed E-state index contributed by atoms with van der Waals surface area (Å²) >= 11 is 3.76. The topological polar surface area (TPSA) is 17.6 Å². The summed E-state index contributed by atoms with van der Waals surface area (Å²) in [6.45, 7) is 0. The maximum Gasteiger partial charge on any atom is 0.220 e. The van der Waals surface area contributed by atoms with E-state index >= 15 is 0 Å². The molecule has 0 fully saturated rings. The van der Waals surface area contributed by atoms with Crippen LogP contribution in [0.1, 0.15) is 0 Å². The Bertz CT molecular complexity index is 1170. The number of halogens is 1. The van der Waals surface area contributed by atoms with E-state index in [1.807, 2.05) is 24.3 Å². The Morgan fingerprint density at radius 2 is 1.48 bits per heavy atom. The summed E-state index contributed by atoms with van der Waals surface area (Å²) < 4.78 is 9.26. The molecule has 0 aliphatic heterocycles. The van der Waals surface area contributed by atoms with Crippen LogP contribution in [0, 0.1) is 0 Å². The normalized spacial score (nSPS) is 11.7. The van der Waals surface area contributed by atoms with Crippen LogP contribution in [0.25, 0.3) is 38.8 Å². The summed E-state index contributed by atoms with van der Waals surface area (Å²) in [5.74, 6) is 0. The van der Waals surface area contributed by atoms with Gasteiger partial charge in [-0.2, -0.15) is 0 Å². The molecule has 0 spiro atoms. The standard InChI is InChI=1S/C20H12BrNO/c21-19-18-14(13-7-2-1-3-8-13)9-6-11-16(18)22-15-10-4-5-12-17(15)23-20(19)22/h1-12H. The van der Waals surface area contributed by atoms with Gasteiger partial charge in [0.15, 0.2) is 5.58 Å². The number of hydrogen-bond donors (Lipinski definition) is 0. The Morgan fingerprint density at radius 1 is 0.739 bits per heavy atom. The lowest BCUT2D eigenvalue weighted by Gasteiger charge is -2.04. The molecule has 0 unspecified atom stereocenters. The average molecular weight is 362 g/mol. The van der Waals surface area contributed by atoms with Crippen LogP contribution in [0.4, 0.5) is 0 Å². The van der Waals surface area contributed by atoms with Crippen molar-refractivity contribution in [2.24, 2.45) is 0 Å². The average Bonchev–Trinajstić information content (AvgIpc) is 3.12. The smallest absolute Gasteiger partial charge is 0.220 e. The summed E-state index contributed by atoms with van der Waals surface area (Å²) in [5.41, 5.74) is 6.40. The summed E-state index contributed by atoms with van der Waals surface area (Å²) in [7, 11) is 0. The molecule has 0 amide bonds. The maximum absolute atomic E-state index is 6.08. The van der Waals surface area contributed by atoms with Gasteiger partial charge in [-0.3, -0.25) is 4.40 Å². The van der Waals surface area contributed by atoms with Crippen molar-refractivity contribution < 1.29 is 4.42 Å². The molecule has 0 atom stereocenters. The van der Waals surface area contributed by atoms with Crippen molar-refractivity contribution in [1.29, 1.82) is 0 Å². The van der Waals surface area contributed by atoms with Crippen LogP contribution in [0.2, 0.25) is 0 Å². The Hall–Kier alpha value is -2.52. The van der Waals surface area contributed by atoms with Crippen LogP contribution >= 0.6 is 15.9 Å². The third-order valence-corrected chi connectivity index (χ3v) is 5.03. The van der Waals surface area contributed by atoms with Gasteiger partial charge in [0.1, 0.15) is 0 Å². The molecule has 0 aliphatic carbocycles. The predicted octanol–water partition coefficient (Wildman–Crippen LogP) is 6.27. The van der Waals surface area contributed by atoms with Crippen molar-refractivity contribution in [2.45, 2.75) is 0 Å². The van der Waals surface area contributed by atoms with E-state index in [2.05, 4.69) is 68.9 Å². The molecule has 23 heavy (non-hydrogen) atoms. The Kier molecular flexibility index (Phi) is 2.67. The zero-order valence-corrected chi connectivity index (χ0v) is 13.7. The molecular weight excluding hydrogens is 350 g/mol. The lowest BCUT2D eigenvalue weighted by Crippen LogP contribution is -1.82. The minimum atomic E-state index is 0.851. The number of oxazole rings is 1. The Balaban J connectivity index is 1.99. The van der Waals surface area contributed by atoms with Crippen molar-refractivity contribution in [2.75, 3.05) is 0 Å². The predicted molar refractivity (Wildman–Crippen MR) is 97.8 cm³/mol. The number of nitrogens with zero attached hydrogens (tertiary/aromatic N) is 1. The maximum atomic E-state index is 6.08. The number of hydrogen-bond acceptors (Lipinski definition) is 1. The quantitative estimate of drug-likeness (QED) is 0.344.